The second-order valence-electron chi connectivity index (χ2n) is 4.86. The van der Waals surface area contributed by atoms with Crippen molar-refractivity contribution >= 4 is 23.2 Å². The molecule has 0 aliphatic heterocycles. The van der Waals surface area contributed by atoms with Crippen molar-refractivity contribution in [3.05, 3.63) is 65.2 Å². The monoisotopic (exact) mass is 302 g/mol. The van der Waals surface area contributed by atoms with Crippen molar-refractivity contribution in [1.29, 1.82) is 0 Å². The number of para-hydroxylation sites is 1. The molecule has 0 radical (unpaired) electrons. The minimum absolute atomic E-state index is 0.0130. The van der Waals surface area contributed by atoms with Gasteiger partial charge in [0.05, 0.1) is 16.8 Å². The summed E-state index contributed by atoms with van der Waals surface area (Å²) < 4.78 is 0. The van der Waals surface area contributed by atoms with Gasteiger partial charge in [-0.1, -0.05) is 54.1 Å². The Morgan fingerprint density at radius 1 is 1.10 bits per heavy atom. The van der Waals surface area contributed by atoms with Gasteiger partial charge in [-0.25, -0.2) is 0 Å². The summed E-state index contributed by atoms with van der Waals surface area (Å²) in [6, 6.07) is 17.4. The summed E-state index contributed by atoms with van der Waals surface area (Å²) in [6.07, 6.45) is 0.405. The van der Waals surface area contributed by atoms with E-state index in [0.717, 1.165) is 11.3 Å². The lowest BCUT2D eigenvalue weighted by atomic mass is 10.1. The predicted molar refractivity (Wildman–Crippen MR) is 87.6 cm³/mol. The number of halogens is 1. The van der Waals surface area contributed by atoms with Gasteiger partial charge in [0.15, 0.2) is 0 Å². The molecule has 2 aromatic carbocycles. The van der Waals surface area contributed by atoms with E-state index in [2.05, 4.69) is 10.6 Å². The molecule has 3 nitrogen and oxygen atoms in total. The second-order valence-corrected chi connectivity index (χ2v) is 5.26. The Morgan fingerprint density at radius 3 is 2.48 bits per heavy atom. The maximum absolute atomic E-state index is 11.9. The zero-order valence-corrected chi connectivity index (χ0v) is 12.7. The lowest BCUT2D eigenvalue weighted by Gasteiger charge is -2.14. The molecule has 1 atom stereocenters. The summed E-state index contributed by atoms with van der Waals surface area (Å²) >= 11 is 6.04. The van der Waals surface area contributed by atoms with Crippen LogP contribution in [0.4, 0.5) is 5.69 Å². The van der Waals surface area contributed by atoms with Crippen LogP contribution < -0.4 is 10.6 Å². The molecule has 0 fully saturated rings. The van der Waals surface area contributed by atoms with Crippen LogP contribution in [-0.2, 0) is 4.79 Å². The molecule has 0 aliphatic rings. The highest BCUT2D eigenvalue weighted by molar-refractivity contribution is 6.33. The maximum atomic E-state index is 11.9. The molecule has 0 saturated carbocycles. The van der Waals surface area contributed by atoms with Crippen molar-refractivity contribution in [3.8, 4) is 0 Å². The minimum atomic E-state index is 0.0130. The molecule has 0 aliphatic carbocycles. The number of carbonyl (C=O) groups excluding carboxylic acids is 1. The van der Waals surface area contributed by atoms with E-state index in [4.69, 9.17) is 11.6 Å². The fraction of sp³-hybridized carbons (Fsp3) is 0.235. The Kier molecular flexibility index (Phi) is 5.64. The highest BCUT2D eigenvalue weighted by Gasteiger charge is 2.08. The van der Waals surface area contributed by atoms with Gasteiger partial charge in [-0.15, -0.1) is 0 Å². The number of amides is 1. The van der Waals surface area contributed by atoms with Gasteiger partial charge in [-0.3, -0.25) is 4.79 Å². The van der Waals surface area contributed by atoms with E-state index >= 15 is 0 Å². The molecule has 2 rings (SSSR count). The SMILES string of the molecule is CC(NC(=O)CCNc1ccccc1Cl)c1ccccc1. The van der Waals surface area contributed by atoms with Gasteiger partial charge >= 0.3 is 0 Å². The third kappa shape index (κ3) is 4.80. The molecule has 0 aromatic heterocycles. The van der Waals surface area contributed by atoms with Gasteiger partial charge in [-0.2, -0.15) is 0 Å². The molecule has 4 heteroatoms. The normalized spacial score (nSPS) is 11.7. The molecule has 1 unspecified atom stereocenters. The molecule has 0 bridgehead atoms. The summed E-state index contributed by atoms with van der Waals surface area (Å²) in [7, 11) is 0. The third-order valence-electron chi connectivity index (χ3n) is 3.22. The summed E-state index contributed by atoms with van der Waals surface area (Å²) in [4.78, 5) is 11.9. The first kappa shape index (κ1) is 15.4. The zero-order valence-electron chi connectivity index (χ0n) is 12.0. The van der Waals surface area contributed by atoms with Crippen LogP contribution >= 0.6 is 11.6 Å². The largest absolute Gasteiger partial charge is 0.383 e. The molecule has 110 valence electrons. The highest BCUT2D eigenvalue weighted by atomic mass is 35.5. The van der Waals surface area contributed by atoms with Crippen LogP contribution in [0.15, 0.2) is 54.6 Å². The van der Waals surface area contributed by atoms with Gasteiger partial charge in [0, 0.05) is 13.0 Å². The predicted octanol–water partition coefficient (Wildman–Crippen LogP) is 4.02. The minimum Gasteiger partial charge on any atom is -0.383 e. The third-order valence-corrected chi connectivity index (χ3v) is 3.55. The molecule has 2 N–H and O–H groups in total. The smallest absolute Gasteiger partial charge is 0.222 e. The quantitative estimate of drug-likeness (QED) is 0.846. The van der Waals surface area contributed by atoms with Crippen molar-refractivity contribution in [2.24, 2.45) is 0 Å². The second kappa shape index (κ2) is 7.70. The average molecular weight is 303 g/mol. The Hall–Kier alpha value is -2.00. The Morgan fingerprint density at radius 2 is 1.76 bits per heavy atom. The highest BCUT2D eigenvalue weighted by Crippen LogP contribution is 2.20. The van der Waals surface area contributed by atoms with E-state index in [9.17, 15) is 4.79 Å². The summed E-state index contributed by atoms with van der Waals surface area (Å²) in [5.74, 6) is 0.0194. The van der Waals surface area contributed by atoms with Crippen LogP contribution in [0.3, 0.4) is 0 Å². The molecule has 0 spiro atoms. The van der Waals surface area contributed by atoms with Crippen molar-refractivity contribution in [3.63, 3.8) is 0 Å². The van der Waals surface area contributed by atoms with Crippen LogP contribution in [0.1, 0.15) is 24.9 Å². The first-order valence-corrected chi connectivity index (χ1v) is 7.37. The number of anilines is 1. The van der Waals surface area contributed by atoms with Gasteiger partial charge in [0.25, 0.3) is 0 Å². The average Bonchev–Trinajstić information content (AvgIpc) is 2.50. The van der Waals surface area contributed by atoms with E-state index in [-0.39, 0.29) is 11.9 Å². The lowest BCUT2D eigenvalue weighted by Crippen LogP contribution is -2.28. The molecular formula is C17H19ClN2O. The summed E-state index contributed by atoms with van der Waals surface area (Å²) in [5, 5.41) is 6.81. The Bertz CT molecular complexity index is 586. The number of rotatable bonds is 6. The molecule has 1 amide bonds. The van der Waals surface area contributed by atoms with E-state index < -0.39 is 0 Å². The van der Waals surface area contributed by atoms with Gasteiger partial charge in [0.2, 0.25) is 5.91 Å². The van der Waals surface area contributed by atoms with Crippen LogP contribution in [0, 0.1) is 0 Å². The first-order chi connectivity index (χ1) is 10.2. The van der Waals surface area contributed by atoms with E-state index in [0.29, 0.717) is 18.0 Å². The number of nitrogens with one attached hydrogen (secondary N) is 2. The van der Waals surface area contributed by atoms with E-state index in [1.807, 2.05) is 61.5 Å². The van der Waals surface area contributed by atoms with Crippen LogP contribution in [0.2, 0.25) is 5.02 Å². The standard InChI is InChI=1S/C17H19ClN2O/c1-13(14-7-3-2-4-8-14)20-17(21)11-12-19-16-10-6-5-9-15(16)18/h2-10,13,19H,11-12H2,1H3,(H,20,21). The summed E-state index contributed by atoms with van der Waals surface area (Å²) in [5.41, 5.74) is 1.95. The fourth-order valence-electron chi connectivity index (χ4n) is 2.05. The molecule has 21 heavy (non-hydrogen) atoms. The number of carbonyl (C=O) groups is 1. The van der Waals surface area contributed by atoms with Crippen molar-refractivity contribution in [2.45, 2.75) is 19.4 Å². The molecule has 2 aromatic rings. The first-order valence-electron chi connectivity index (χ1n) is 6.99. The zero-order chi connectivity index (χ0) is 15.1. The maximum Gasteiger partial charge on any atom is 0.222 e. The van der Waals surface area contributed by atoms with E-state index in [1.54, 1.807) is 0 Å². The van der Waals surface area contributed by atoms with Crippen LogP contribution in [-0.4, -0.2) is 12.5 Å². The van der Waals surface area contributed by atoms with Crippen molar-refractivity contribution in [2.75, 3.05) is 11.9 Å². The summed E-state index contributed by atoms with van der Waals surface area (Å²) in [6.45, 7) is 2.53. The number of hydrogen-bond acceptors (Lipinski definition) is 2. The fourth-order valence-corrected chi connectivity index (χ4v) is 2.26. The van der Waals surface area contributed by atoms with Gasteiger partial charge in [-0.05, 0) is 24.6 Å². The molecule has 0 saturated heterocycles. The van der Waals surface area contributed by atoms with Gasteiger partial charge < -0.3 is 10.6 Å². The number of benzene rings is 2. The molecule has 0 heterocycles. The van der Waals surface area contributed by atoms with Crippen molar-refractivity contribution in [1.82, 2.24) is 5.32 Å². The van der Waals surface area contributed by atoms with Crippen molar-refractivity contribution < 1.29 is 4.79 Å². The topological polar surface area (TPSA) is 41.1 Å². The van der Waals surface area contributed by atoms with Crippen LogP contribution in [0.25, 0.3) is 0 Å². The van der Waals surface area contributed by atoms with Gasteiger partial charge in [0.1, 0.15) is 0 Å². The lowest BCUT2D eigenvalue weighted by molar-refractivity contribution is -0.121. The Labute approximate surface area is 130 Å². The van der Waals surface area contributed by atoms with E-state index in [1.165, 1.54) is 0 Å². The van der Waals surface area contributed by atoms with Crippen LogP contribution in [0.5, 0.6) is 0 Å². The molecular weight excluding hydrogens is 284 g/mol. The number of hydrogen-bond donors (Lipinski definition) is 2. The Balaban J connectivity index is 1.76.